The summed E-state index contributed by atoms with van der Waals surface area (Å²) in [7, 11) is 0. The fourth-order valence-corrected chi connectivity index (χ4v) is 2.02. The molecule has 0 saturated heterocycles. The summed E-state index contributed by atoms with van der Waals surface area (Å²) in [5, 5.41) is 12.3. The number of carboxylic acid groups (broad SMARTS) is 1. The highest BCUT2D eigenvalue weighted by atomic mass is 16.4. The summed E-state index contributed by atoms with van der Waals surface area (Å²) >= 11 is 0. The maximum Gasteiger partial charge on any atom is 0.305 e. The van der Waals surface area contributed by atoms with Gasteiger partial charge in [0.05, 0.1) is 6.42 Å². The second-order valence-corrected chi connectivity index (χ2v) is 5.98. The van der Waals surface area contributed by atoms with Crippen molar-refractivity contribution in [2.75, 3.05) is 6.54 Å². The van der Waals surface area contributed by atoms with Gasteiger partial charge in [-0.1, -0.05) is 52.0 Å². The summed E-state index contributed by atoms with van der Waals surface area (Å²) < 4.78 is 0. The first-order valence-corrected chi connectivity index (χ1v) is 6.90. The molecule has 3 heteroatoms. The molecular formula is C16H25NO2. The Morgan fingerprint density at radius 3 is 2.26 bits per heavy atom. The van der Waals surface area contributed by atoms with E-state index >= 15 is 0 Å². The van der Waals surface area contributed by atoms with Crippen LogP contribution in [-0.4, -0.2) is 17.6 Å². The molecule has 0 amide bonds. The Labute approximate surface area is 116 Å². The highest BCUT2D eigenvalue weighted by Crippen LogP contribution is 2.25. The Hall–Kier alpha value is -1.35. The fraction of sp³-hybridized carbons (Fsp3) is 0.562. The molecule has 1 aromatic carbocycles. The summed E-state index contributed by atoms with van der Waals surface area (Å²) in [4.78, 5) is 10.9. The molecule has 1 rings (SSSR count). The fourth-order valence-electron chi connectivity index (χ4n) is 2.02. The van der Waals surface area contributed by atoms with Crippen LogP contribution >= 0.6 is 0 Å². The minimum atomic E-state index is -0.770. The van der Waals surface area contributed by atoms with E-state index in [9.17, 15) is 4.79 Å². The van der Waals surface area contributed by atoms with Crippen LogP contribution in [0.15, 0.2) is 24.3 Å². The van der Waals surface area contributed by atoms with Crippen LogP contribution in [0, 0.1) is 0 Å². The minimum Gasteiger partial charge on any atom is -0.481 e. The van der Waals surface area contributed by atoms with Crippen LogP contribution < -0.4 is 5.32 Å². The molecule has 0 radical (unpaired) electrons. The van der Waals surface area contributed by atoms with Crippen molar-refractivity contribution in [1.29, 1.82) is 0 Å². The van der Waals surface area contributed by atoms with E-state index in [1.165, 1.54) is 5.56 Å². The van der Waals surface area contributed by atoms with Crippen LogP contribution in [0.2, 0.25) is 0 Å². The van der Waals surface area contributed by atoms with E-state index in [0.29, 0.717) is 0 Å². The van der Waals surface area contributed by atoms with Gasteiger partial charge in [-0.05, 0) is 29.5 Å². The van der Waals surface area contributed by atoms with Crippen molar-refractivity contribution in [3.05, 3.63) is 35.4 Å². The van der Waals surface area contributed by atoms with Crippen molar-refractivity contribution < 1.29 is 9.90 Å². The SMILES string of the molecule is CCCNC(CC(=O)O)c1ccc(C(C)(C)C)cc1. The Morgan fingerprint density at radius 2 is 1.84 bits per heavy atom. The molecule has 0 aliphatic rings. The zero-order valence-electron chi connectivity index (χ0n) is 12.4. The van der Waals surface area contributed by atoms with Crippen LogP contribution in [0.3, 0.4) is 0 Å². The molecule has 2 N–H and O–H groups in total. The van der Waals surface area contributed by atoms with Gasteiger partial charge in [-0.25, -0.2) is 0 Å². The van der Waals surface area contributed by atoms with E-state index in [1.54, 1.807) is 0 Å². The third kappa shape index (κ3) is 5.03. The van der Waals surface area contributed by atoms with Crippen LogP contribution in [0.1, 0.15) is 57.7 Å². The lowest BCUT2D eigenvalue weighted by Crippen LogP contribution is -2.24. The van der Waals surface area contributed by atoms with Crippen LogP contribution in [0.5, 0.6) is 0 Å². The average molecular weight is 263 g/mol. The Kier molecular flexibility index (Phi) is 5.55. The third-order valence-electron chi connectivity index (χ3n) is 3.20. The van der Waals surface area contributed by atoms with Gasteiger partial charge < -0.3 is 10.4 Å². The van der Waals surface area contributed by atoms with E-state index in [-0.39, 0.29) is 17.9 Å². The van der Waals surface area contributed by atoms with Gasteiger partial charge in [-0.15, -0.1) is 0 Å². The second kappa shape index (κ2) is 6.71. The van der Waals surface area contributed by atoms with Gasteiger partial charge in [0.15, 0.2) is 0 Å². The number of hydrogen-bond donors (Lipinski definition) is 2. The first kappa shape index (κ1) is 15.7. The summed E-state index contributed by atoms with van der Waals surface area (Å²) in [5.74, 6) is -0.770. The molecule has 1 atom stereocenters. The van der Waals surface area contributed by atoms with Crippen molar-refractivity contribution >= 4 is 5.97 Å². The van der Waals surface area contributed by atoms with Crippen LogP contribution in [-0.2, 0) is 10.2 Å². The van der Waals surface area contributed by atoms with E-state index in [1.807, 2.05) is 12.1 Å². The lowest BCUT2D eigenvalue weighted by atomic mass is 9.86. The molecule has 0 aliphatic carbocycles. The van der Waals surface area contributed by atoms with Gasteiger partial charge in [0, 0.05) is 6.04 Å². The van der Waals surface area contributed by atoms with E-state index in [4.69, 9.17) is 5.11 Å². The number of aliphatic carboxylic acids is 1. The summed E-state index contributed by atoms with van der Waals surface area (Å²) in [6, 6.07) is 8.16. The molecule has 0 spiro atoms. The maximum atomic E-state index is 10.9. The third-order valence-corrected chi connectivity index (χ3v) is 3.20. The monoisotopic (exact) mass is 263 g/mol. The predicted octanol–water partition coefficient (Wildman–Crippen LogP) is 3.50. The van der Waals surface area contributed by atoms with E-state index in [0.717, 1.165) is 18.5 Å². The molecule has 0 aromatic heterocycles. The van der Waals surface area contributed by atoms with Crippen molar-refractivity contribution in [3.8, 4) is 0 Å². The zero-order chi connectivity index (χ0) is 14.5. The predicted molar refractivity (Wildman–Crippen MR) is 78.4 cm³/mol. The number of carbonyl (C=O) groups is 1. The summed E-state index contributed by atoms with van der Waals surface area (Å²) in [5.41, 5.74) is 2.43. The van der Waals surface area contributed by atoms with Crippen molar-refractivity contribution in [3.63, 3.8) is 0 Å². The Morgan fingerprint density at radius 1 is 1.26 bits per heavy atom. The van der Waals surface area contributed by atoms with Crippen molar-refractivity contribution in [2.45, 2.75) is 52.0 Å². The molecular weight excluding hydrogens is 238 g/mol. The number of carboxylic acids is 1. The van der Waals surface area contributed by atoms with E-state index < -0.39 is 5.97 Å². The van der Waals surface area contributed by atoms with Gasteiger partial charge in [0.25, 0.3) is 0 Å². The molecule has 0 aliphatic heterocycles. The number of benzene rings is 1. The van der Waals surface area contributed by atoms with Crippen molar-refractivity contribution in [1.82, 2.24) is 5.32 Å². The first-order chi connectivity index (χ1) is 8.84. The standard InChI is InChI=1S/C16H25NO2/c1-5-10-17-14(11-15(18)19)12-6-8-13(9-7-12)16(2,3)4/h6-9,14,17H,5,10-11H2,1-4H3,(H,18,19). The van der Waals surface area contributed by atoms with Crippen LogP contribution in [0.25, 0.3) is 0 Å². The average Bonchev–Trinajstić information content (AvgIpc) is 2.33. The van der Waals surface area contributed by atoms with Gasteiger partial charge in [-0.2, -0.15) is 0 Å². The lowest BCUT2D eigenvalue weighted by Gasteiger charge is -2.21. The molecule has 0 bridgehead atoms. The quantitative estimate of drug-likeness (QED) is 0.826. The van der Waals surface area contributed by atoms with Crippen LogP contribution in [0.4, 0.5) is 0 Å². The molecule has 1 aromatic rings. The summed E-state index contributed by atoms with van der Waals surface area (Å²) in [6.45, 7) is 9.43. The molecule has 106 valence electrons. The molecule has 0 saturated carbocycles. The van der Waals surface area contributed by atoms with Gasteiger partial charge in [0.2, 0.25) is 0 Å². The molecule has 0 fully saturated rings. The topological polar surface area (TPSA) is 49.3 Å². The molecule has 3 nitrogen and oxygen atoms in total. The lowest BCUT2D eigenvalue weighted by molar-refractivity contribution is -0.137. The number of rotatable bonds is 6. The molecule has 19 heavy (non-hydrogen) atoms. The smallest absolute Gasteiger partial charge is 0.305 e. The van der Waals surface area contributed by atoms with Gasteiger partial charge in [-0.3, -0.25) is 4.79 Å². The molecule has 1 unspecified atom stereocenters. The minimum absolute atomic E-state index is 0.105. The van der Waals surface area contributed by atoms with Gasteiger partial charge in [0.1, 0.15) is 0 Å². The van der Waals surface area contributed by atoms with Crippen molar-refractivity contribution in [2.24, 2.45) is 0 Å². The highest BCUT2D eigenvalue weighted by Gasteiger charge is 2.17. The zero-order valence-corrected chi connectivity index (χ0v) is 12.4. The Balaban J connectivity index is 2.87. The number of nitrogens with one attached hydrogen (secondary N) is 1. The summed E-state index contributed by atoms with van der Waals surface area (Å²) in [6.07, 6.45) is 1.12. The largest absolute Gasteiger partial charge is 0.481 e. The maximum absolute atomic E-state index is 10.9. The normalized spacial score (nSPS) is 13.3. The van der Waals surface area contributed by atoms with E-state index in [2.05, 4.69) is 45.1 Å². The highest BCUT2D eigenvalue weighted by molar-refractivity contribution is 5.68. The second-order valence-electron chi connectivity index (χ2n) is 5.98. The van der Waals surface area contributed by atoms with Gasteiger partial charge >= 0.3 is 5.97 Å². The first-order valence-electron chi connectivity index (χ1n) is 6.90. The number of hydrogen-bond acceptors (Lipinski definition) is 2. The molecule has 0 heterocycles. The Bertz CT molecular complexity index is 404.